The van der Waals surface area contributed by atoms with Gasteiger partial charge in [-0.25, -0.2) is 9.67 Å². The minimum atomic E-state index is -0.151. The van der Waals surface area contributed by atoms with E-state index in [-0.39, 0.29) is 11.8 Å². The number of unbranched alkanes of at least 4 members (excludes halogenated alkanes) is 1. The largest absolute Gasteiger partial charge is 0.322 e. The van der Waals surface area contributed by atoms with E-state index in [2.05, 4.69) is 48.3 Å². The number of rotatable bonds is 7. The van der Waals surface area contributed by atoms with Crippen LogP contribution in [0.25, 0.3) is 5.82 Å². The molecule has 2 heterocycles. The maximum Gasteiger partial charge on any atom is 0.259 e. The van der Waals surface area contributed by atoms with Crippen LogP contribution in [0.15, 0.2) is 54.9 Å². The summed E-state index contributed by atoms with van der Waals surface area (Å²) in [6.07, 6.45) is 6.77. The van der Waals surface area contributed by atoms with Crippen molar-refractivity contribution in [3.8, 4) is 5.82 Å². The number of hydrogen-bond acceptors (Lipinski definition) is 3. The van der Waals surface area contributed by atoms with Gasteiger partial charge in [0.25, 0.3) is 5.91 Å². The quantitative estimate of drug-likeness (QED) is 0.644. The van der Waals surface area contributed by atoms with Crippen LogP contribution in [0, 0.1) is 0 Å². The lowest BCUT2D eigenvalue weighted by atomic mass is 10.0. The highest BCUT2D eigenvalue weighted by molar-refractivity contribution is 6.05. The Kier molecular flexibility index (Phi) is 6.01. The van der Waals surface area contributed by atoms with Crippen LogP contribution in [0.4, 0.5) is 5.69 Å². The van der Waals surface area contributed by atoms with Gasteiger partial charge in [0, 0.05) is 11.9 Å². The standard InChI is InChI=1S/C22H26N4O/c1-4-5-8-17-10-12-18(13-11-17)25-22(27)19-15-24-26(21(19)16(2)3)20-9-6-7-14-23-20/h6-7,9-16H,4-5,8H2,1-3H3,(H,25,27). The number of benzene rings is 1. The van der Waals surface area contributed by atoms with Crippen molar-refractivity contribution < 1.29 is 4.79 Å². The predicted octanol–water partition coefficient (Wildman–Crippen LogP) is 4.99. The molecule has 5 nitrogen and oxygen atoms in total. The summed E-state index contributed by atoms with van der Waals surface area (Å²) in [5.74, 6) is 0.689. The molecule has 0 saturated carbocycles. The zero-order valence-corrected chi connectivity index (χ0v) is 16.1. The molecule has 3 rings (SSSR count). The third kappa shape index (κ3) is 4.42. The first-order valence-corrected chi connectivity index (χ1v) is 9.49. The highest BCUT2D eigenvalue weighted by Crippen LogP contribution is 2.23. The average molecular weight is 362 g/mol. The molecule has 1 N–H and O–H groups in total. The summed E-state index contributed by atoms with van der Waals surface area (Å²) in [6, 6.07) is 13.7. The lowest BCUT2D eigenvalue weighted by Gasteiger charge is -2.12. The summed E-state index contributed by atoms with van der Waals surface area (Å²) in [4.78, 5) is 17.2. The molecule has 5 heteroatoms. The van der Waals surface area contributed by atoms with Crippen molar-refractivity contribution in [2.45, 2.75) is 46.0 Å². The molecule has 0 aliphatic carbocycles. The molecular formula is C22H26N4O. The molecule has 0 aliphatic rings. The van der Waals surface area contributed by atoms with Crippen LogP contribution in [-0.4, -0.2) is 20.7 Å². The van der Waals surface area contributed by atoms with Crippen molar-refractivity contribution >= 4 is 11.6 Å². The molecule has 0 bridgehead atoms. The summed E-state index contributed by atoms with van der Waals surface area (Å²) >= 11 is 0. The second kappa shape index (κ2) is 8.62. The second-order valence-corrected chi connectivity index (χ2v) is 6.95. The third-order valence-corrected chi connectivity index (χ3v) is 4.50. The number of hydrogen-bond donors (Lipinski definition) is 1. The number of aryl methyl sites for hydroxylation is 1. The Morgan fingerprint density at radius 1 is 1.15 bits per heavy atom. The molecule has 0 spiro atoms. The van der Waals surface area contributed by atoms with E-state index in [1.165, 1.54) is 18.4 Å². The Morgan fingerprint density at radius 3 is 2.56 bits per heavy atom. The zero-order chi connectivity index (χ0) is 19.2. The van der Waals surface area contributed by atoms with Gasteiger partial charge in [-0.2, -0.15) is 5.10 Å². The van der Waals surface area contributed by atoms with E-state index in [1.807, 2.05) is 30.3 Å². The van der Waals surface area contributed by atoms with E-state index < -0.39 is 0 Å². The monoisotopic (exact) mass is 362 g/mol. The number of pyridine rings is 1. The molecule has 0 saturated heterocycles. The summed E-state index contributed by atoms with van der Waals surface area (Å²) in [6.45, 7) is 6.29. The average Bonchev–Trinajstić information content (AvgIpc) is 3.14. The van der Waals surface area contributed by atoms with Crippen molar-refractivity contribution in [1.82, 2.24) is 14.8 Å². The first-order chi connectivity index (χ1) is 13.1. The van der Waals surface area contributed by atoms with E-state index in [0.717, 1.165) is 17.8 Å². The van der Waals surface area contributed by atoms with Crippen LogP contribution < -0.4 is 5.32 Å². The van der Waals surface area contributed by atoms with E-state index in [9.17, 15) is 4.79 Å². The Hall–Kier alpha value is -2.95. The molecule has 1 aromatic carbocycles. The van der Waals surface area contributed by atoms with Crippen molar-refractivity contribution in [2.75, 3.05) is 5.32 Å². The van der Waals surface area contributed by atoms with Crippen molar-refractivity contribution in [2.24, 2.45) is 0 Å². The van der Waals surface area contributed by atoms with Gasteiger partial charge in [0.05, 0.1) is 17.5 Å². The molecule has 0 fully saturated rings. The fourth-order valence-electron chi connectivity index (χ4n) is 3.08. The first-order valence-electron chi connectivity index (χ1n) is 9.49. The maximum absolute atomic E-state index is 12.9. The Labute approximate surface area is 160 Å². The highest BCUT2D eigenvalue weighted by Gasteiger charge is 2.21. The highest BCUT2D eigenvalue weighted by atomic mass is 16.1. The van der Waals surface area contributed by atoms with Crippen LogP contribution in [0.1, 0.15) is 61.1 Å². The Balaban J connectivity index is 1.81. The summed E-state index contributed by atoms with van der Waals surface area (Å²) in [7, 11) is 0. The normalized spacial score (nSPS) is 11.0. The van der Waals surface area contributed by atoms with Gasteiger partial charge in [-0.3, -0.25) is 4.79 Å². The van der Waals surface area contributed by atoms with E-state index >= 15 is 0 Å². The van der Waals surface area contributed by atoms with Gasteiger partial charge >= 0.3 is 0 Å². The van der Waals surface area contributed by atoms with Crippen molar-refractivity contribution in [1.29, 1.82) is 0 Å². The molecule has 27 heavy (non-hydrogen) atoms. The molecule has 2 aromatic heterocycles. The number of amides is 1. The van der Waals surface area contributed by atoms with E-state index in [0.29, 0.717) is 11.4 Å². The molecule has 0 radical (unpaired) electrons. The smallest absolute Gasteiger partial charge is 0.259 e. The fraction of sp³-hybridized carbons (Fsp3) is 0.318. The number of anilines is 1. The van der Waals surface area contributed by atoms with Gasteiger partial charge in [0.15, 0.2) is 5.82 Å². The van der Waals surface area contributed by atoms with Crippen LogP contribution in [0.3, 0.4) is 0 Å². The topological polar surface area (TPSA) is 59.8 Å². The van der Waals surface area contributed by atoms with Crippen LogP contribution >= 0.6 is 0 Å². The molecule has 0 unspecified atom stereocenters. The summed E-state index contributed by atoms with van der Waals surface area (Å²) in [5.41, 5.74) is 3.51. The number of nitrogens with one attached hydrogen (secondary N) is 1. The number of aromatic nitrogens is 3. The minimum absolute atomic E-state index is 0.131. The number of carbonyl (C=O) groups excluding carboxylic acids is 1. The number of nitrogens with zero attached hydrogens (tertiary/aromatic N) is 3. The third-order valence-electron chi connectivity index (χ3n) is 4.50. The molecule has 0 aliphatic heterocycles. The predicted molar refractivity (Wildman–Crippen MR) is 108 cm³/mol. The van der Waals surface area contributed by atoms with Gasteiger partial charge in [-0.05, 0) is 48.6 Å². The molecule has 140 valence electrons. The van der Waals surface area contributed by atoms with Gasteiger partial charge in [0.2, 0.25) is 0 Å². The fourth-order valence-corrected chi connectivity index (χ4v) is 3.08. The Morgan fingerprint density at radius 2 is 1.93 bits per heavy atom. The summed E-state index contributed by atoms with van der Waals surface area (Å²) in [5, 5.41) is 7.40. The second-order valence-electron chi connectivity index (χ2n) is 6.95. The maximum atomic E-state index is 12.9. The van der Waals surface area contributed by atoms with Gasteiger partial charge < -0.3 is 5.32 Å². The Bertz CT molecular complexity index is 882. The lowest BCUT2D eigenvalue weighted by molar-refractivity contribution is 0.102. The van der Waals surface area contributed by atoms with E-state index in [4.69, 9.17) is 0 Å². The van der Waals surface area contributed by atoms with Gasteiger partial charge in [-0.1, -0.05) is 45.4 Å². The molecule has 3 aromatic rings. The molecular weight excluding hydrogens is 336 g/mol. The van der Waals surface area contributed by atoms with Crippen molar-refractivity contribution in [3.05, 3.63) is 71.7 Å². The minimum Gasteiger partial charge on any atom is -0.322 e. The van der Waals surface area contributed by atoms with Crippen LogP contribution in [0.2, 0.25) is 0 Å². The number of carbonyl (C=O) groups is 1. The lowest BCUT2D eigenvalue weighted by Crippen LogP contribution is -2.15. The molecule has 0 atom stereocenters. The van der Waals surface area contributed by atoms with E-state index in [1.54, 1.807) is 17.1 Å². The van der Waals surface area contributed by atoms with Crippen LogP contribution in [-0.2, 0) is 6.42 Å². The van der Waals surface area contributed by atoms with Crippen LogP contribution in [0.5, 0.6) is 0 Å². The van der Waals surface area contributed by atoms with Gasteiger partial charge in [0.1, 0.15) is 0 Å². The summed E-state index contributed by atoms with van der Waals surface area (Å²) < 4.78 is 1.74. The first kappa shape index (κ1) is 18.8. The SMILES string of the molecule is CCCCc1ccc(NC(=O)c2cnn(-c3ccccn3)c2C(C)C)cc1. The van der Waals surface area contributed by atoms with Gasteiger partial charge in [-0.15, -0.1) is 0 Å². The molecule has 1 amide bonds. The zero-order valence-electron chi connectivity index (χ0n) is 16.1. The van der Waals surface area contributed by atoms with Crippen molar-refractivity contribution in [3.63, 3.8) is 0 Å².